The molecular formula is C30H38N4O6S. The van der Waals surface area contributed by atoms with E-state index < -0.39 is 0 Å². The molecule has 2 heterocycles. The number of rotatable bonds is 10. The third kappa shape index (κ3) is 6.46. The number of aromatic nitrogens is 2. The van der Waals surface area contributed by atoms with E-state index >= 15 is 0 Å². The standard InChI is InChI=1S/C30H38N4O6S/c1-30(2,3)28-26-27(19-8-13-22(39-6)23(16-19)40-7)41-18-25(36)33(17-24(35)31-14-15-37-4)29(26)34(32-28)20-9-11-21(38-5)12-10-20/h8-13,16,27H,14-15,17-18H2,1-7H3,(H,31,35). The molecule has 3 aromatic rings. The van der Waals surface area contributed by atoms with E-state index in [4.69, 9.17) is 24.0 Å². The van der Waals surface area contributed by atoms with Crippen LogP contribution in [0.3, 0.4) is 0 Å². The summed E-state index contributed by atoms with van der Waals surface area (Å²) in [6.07, 6.45) is 0. The Morgan fingerprint density at radius 1 is 1.02 bits per heavy atom. The van der Waals surface area contributed by atoms with Gasteiger partial charge in [-0.3, -0.25) is 14.5 Å². The summed E-state index contributed by atoms with van der Waals surface area (Å²) in [5.74, 6) is 2.18. The maximum atomic E-state index is 13.8. The fraction of sp³-hybridized carbons (Fsp3) is 0.433. The van der Waals surface area contributed by atoms with Crippen molar-refractivity contribution in [1.82, 2.24) is 15.1 Å². The SMILES string of the molecule is COCCNC(=O)CN1C(=O)CSC(c2ccc(OC)c(OC)c2)c2c(C(C)(C)C)nn(-c3ccc(OC)cc3)c21. The molecule has 220 valence electrons. The second-order valence-electron chi connectivity index (χ2n) is 10.6. The molecule has 0 fully saturated rings. The number of amides is 2. The molecule has 1 N–H and O–H groups in total. The molecule has 4 rings (SSSR count). The molecule has 0 saturated heterocycles. The number of thioether (sulfide) groups is 1. The van der Waals surface area contributed by atoms with E-state index in [1.54, 1.807) is 38.0 Å². The van der Waals surface area contributed by atoms with Crippen molar-refractivity contribution in [2.24, 2.45) is 0 Å². The van der Waals surface area contributed by atoms with Gasteiger partial charge in [-0.25, -0.2) is 4.68 Å². The number of nitrogens with zero attached hydrogens (tertiary/aromatic N) is 3. The van der Waals surface area contributed by atoms with Crippen LogP contribution in [0.2, 0.25) is 0 Å². The Bertz CT molecular complexity index is 1380. The molecule has 0 radical (unpaired) electrons. The zero-order valence-electron chi connectivity index (χ0n) is 24.6. The van der Waals surface area contributed by atoms with Crippen LogP contribution < -0.4 is 24.4 Å². The van der Waals surface area contributed by atoms with E-state index in [2.05, 4.69) is 26.1 Å². The highest BCUT2D eigenvalue weighted by molar-refractivity contribution is 8.00. The average molecular weight is 583 g/mol. The topological polar surface area (TPSA) is 104 Å². The first kappa shape index (κ1) is 30.3. The fourth-order valence-corrected chi connectivity index (χ4v) is 5.94. The number of anilines is 1. The van der Waals surface area contributed by atoms with E-state index in [0.717, 1.165) is 22.5 Å². The summed E-state index contributed by atoms with van der Waals surface area (Å²) in [4.78, 5) is 28.4. The second kappa shape index (κ2) is 12.9. The third-order valence-electron chi connectivity index (χ3n) is 6.76. The van der Waals surface area contributed by atoms with Gasteiger partial charge in [-0.1, -0.05) is 26.8 Å². The fourth-order valence-electron chi connectivity index (χ4n) is 4.75. The Morgan fingerprint density at radius 3 is 2.34 bits per heavy atom. The molecule has 2 amide bonds. The minimum Gasteiger partial charge on any atom is -0.497 e. The van der Waals surface area contributed by atoms with E-state index in [0.29, 0.717) is 36.2 Å². The molecule has 0 spiro atoms. The quantitative estimate of drug-likeness (QED) is 0.356. The van der Waals surface area contributed by atoms with Gasteiger partial charge in [-0.15, -0.1) is 11.8 Å². The van der Waals surface area contributed by atoms with Crippen molar-refractivity contribution in [2.45, 2.75) is 31.4 Å². The van der Waals surface area contributed by atoms with Crippen LogP contribution in [0.5, 0.6) is 17.2 Å². The molecule has 1 aliphatic rings. The molecule has 2 aromatic carbocycles. The number of benzene rings is 2. The van der Waals surface area contributed by atoms with Crippen LogP contribution in [0.4, 0.5) is 5.82 Å². The van der Waals surface area contributed by atoms with Crippen LogP contribution in [-0.4, -0.2) is 75.5 Å². The predicted molar refractivity (Wildman–Crippen MR) is 160 cm³/mol. The lowest BCUT2D eigenvalue weighted by Gasteiger charge is -2.25. The molecule has 1 unspecified atom stereocenters. The smallest absolute Gasteiger partial charge is 0.240 e. The van der Waals surface area contributed by atoms with Gasteiger partial charge >= 0.3 is 0 Å². The highest BCUT2D eigenvalue weighted by Crippen LogP contribution is 2.49. The molecule has 41 heavy (non-hydrogen) atoms. The molecule has 0 aliphatic carbocycles. The van der Waals surface area contributed by atoms with E-state index in [1.165, 1.54) is 11.8 Å². The second-order valence-corrected chi connectivity index (χ2v) is 11.7. The van der Waals surface area contributed by atoms with Crippen molar-refractivity contribution >= 4 is 29.4 Å². The Morgan fingerprint density at radius 2 is 1.73 bits per heavy atom. The Kier molecular flexibility index (Phi) is 9.49. The van der Waals surface area contributed by atoms with E-state index in [-0.39, 0.29) is 34.8 Å². The number of nitrogens with one attached hydrogen (secondary N) is 1. The zero-order chi connectivity index (χ0) is 29.7. The van der Waals surface area contributed by atoms with Crippen molar-refractivity contribution in [2.75, 3.05) is 58.8 Å². The number of carbonyl (C=O) groups excluding carboxylic acids is 2. The van der Waals surface area contributed by atoms with Gasteiger partial charge in [0.15, 0.2) is 11.5 Å². The van der Waals surface area contributed by atoms with Gasteiger partial charge in [0.25, 0.3) is 0 Å². The molecule has 11 heteroatoms. The number of carbonyl (C=O) groups is 2. The van der Waals surface area contributed by atoms with Crippen LogP contribution in [0.1, 0.15) is 42.8 Å². The van der Waals surface area contributed by atoms with Gasteiger partial charge in [-0.2, -0.15) is 5.10 Å². The first-order valence-corrected chi connectivity index (χ1v) is 14.3. The lowest BCUT2D eigenvalue weighted by Crippen LogP contribution is -2.43. The maximum absolute atomic E-state index is 13.8. The summed E-state index contributed by atoms with van der Waals surface area (Å²) in [6, 6.07) is 13.3. The number of hydrogen-bond donors (Lipinski definition) is 1. The largest absolute Gasteiger partial charge is 0.497 e. The summed E-state index contributed by atoms with van der Waals surface area (Å²) in [7, 11) is 6.38. The average Bonchev–Trinajstić information content (AvgIpc) is 3.30. The molecular weight excluding hydrogens is 544 g/mol. The highest BCUT2D eigenvalue weighted by Gasteiger charge is 2.40. The predicted octanol–water partition coefficient (Wildman–Crippen LogP) is 4.13. The molecule has 1 aromatic heterocycles. The van der Waals surface area contributed by atoms with Crippen molar-refractivity contribution in [3.8, 4) is 22.9 Å². The minimum atomic E-state index is -0.378. The van der Waals surface area contributed by atoms with Crippen LogP contribution in [0, 0.1) is 0 Å². The van der Waals surface area contributed by atoms with Gasteiger partial charge in [0.1, 0.15) is 18.1 Å². The van der Waals surface area contributed by atoms with Crippen LogP contribution in [-0.2, 0) is 19.7 Å². The van der Waals surface area contributed by atoms with Crippen molar-refractivity contribution in [1.29, 1.82) is 0 Å². The van der Waals surface area contributed by atoms with Crippen molar-refractivity contribution < 1.29 is 28.5 Å². The highest BCUT2D eigenvalue weighted by atomic mass is 32.2. The summed E-state index contributed by atoms with van der Waals surface area (Å²) in [6.45, 7) is 6.86. The van der Waals surface area contributed by atoms with Gasteiger partial charge in [-0.05, 0) is 42.0 Å². The van der Waals surface area contributed by atoms with Gasteiger partial charge in [0, 0.05) is 24.6 Å². The lowest BCUT2D eigenvalue weighted by molar-refractivity contribution is -0.123. The summed E-state index contributed by atoms with van der Waals surface area (Å²) in [5.41, 5.74) is 3.01. The van der Waals surface area contributed by atoms with Crippen molar-refractivity contribution in [3.05, 3.63) is 59.3 Å². The monoisotopic (exact) mass is 582 g/mol. The Hall–Kier alpha value is -3.70. The molecule has 0 saturated carbocycles. The van der Waals surface area contributed by atoms with Crippen LogP contribution in [0.15, 0.2) is 42.5 Å². The first-order chi connectivity index (χ1) is 19.6. The van der Waals surface area contributed by atoms with Crippen LogP contribution in [0.25, 0.3) is 5.69 Å². The van der Waals surface area contributed by atoms with E-state index in [1.807, 2.05) is 42.5 Å². The molecule has 0 bridgehead atoms. The zero-order valence-corrected chi connectivity index (χ0v) is 25.5. The number of fused-ring (bicyclic) bond motifs is 1. The number of ether oxygens (including phenoxy) is 4. The maximum Gasteiger partial charge on any atom is 0.240 e. The van der Waals surface area contributed by atoms with Gasteiger partial charge in [0.2, 0.25) is 11.8 Å². The summed E-state index contributed by atoms with van der Waals surface area (Å²) in [5, 5.41) is 7.69. The Labute approximate surface area is 245 Å². The number of hydrogen-bond acceptors (Lipinski definition) is 8. The lowest BCUT2D eigenvalue weighted by atomic mass is 9.87. The number of methoxy groups -OCH3 is 4. The minimum absolute atomic E-state index is 0.153. The Balaban J connectivity index is 1.96. The molecule has 10 nitrogen and oxygen atoms in total. The molecule has 1 atom stereocenters. The normalized spacial score (nSPS) is 15.2. The van der Waals surface area contributed by atoms with E-state index in [9.17, 15) is 9.59 Å². The van der Waals surface area contributed by atoms with Gasteiger partial charge in [0.05, 0.1) is 50.3 Å². The van der Waals surface area contributed by atoms with Crippen molar-refractivity contribution in [3.63, 3.8) is 0 Å². The van der Waals surface area contributed by atoms with Crippen LogP contribution >= 0.6 is 11.8 Å². The summed E-state index contributed by atoms with van der Waals surface area (Å²) < 4.78 is 23.3. The first-order valence-electron chi connectivity index (χ1n) is 13.3. The summed E-state index contributed by atoms with van der Waals surface area (Å²) >= 11 is 1.51. The third-order valence-corrected chi connectivity index (χ3v) is 8.01. The molecule has 1 aliphatic heterocycles. The van der Waals surface area contributed by atoms with Gasteiger partial charge < -0.3 is 24.3 Å².